The first-order valence-corrected chi connectivity index (χ1v) is 7.60. The number of hydrogen-bond donors (Lipinski definition) is 0. The van der Waals surface area contributed by atoms with E-state index in [2.05, 4.69) is 17.1 Å². The molecule has 0 amide bonds. The Morgan fingerprint density at radius 3 is 2.52 bits per heavy atom. The zero-order valence-electron chi connectivity index (χ0n) is 12.2. The molecule has 1 atom stereocenters. The average molecular weight is 299 g/mol. The number of hydrogen-bond acceptors (Lipinski definition) is 3. The second kappa shape index (κ2) is 5.46. The Kier molecular flexibility index (Phi) is 3.80. The van der Waals surface area contributed by atoms with E-state index >= 15 is 0 Å². The van der Waals surface area contributed by atoms with Crippen molar-refractivity contribution in [1.29, 1.82) is 0 Å². The van der Waals surface area contributed by atoms with Crippen LogP contribution in [0.1, 0.15) is 37.4 Å². The SMILES string of the molecule is CC1CCc2nnc(N3CCC(C(F)(F)F)CC3)cc2C1. The highest BCUT2D eigenvalue weighted by atomic mass is 19.4. The Morgan fingerprint density at radius 2 is 1.86 bits per heavy atom. The van der Waals surface area contributed by atoms with E-state index in [1.807, 2.05) is 11.0 Å². The van der Waals surface area contributed by atoms with Gasteiger partial charge in [-0.15, -0.1) is 5.10 Å². The first-order chi connectivity index (χ1) is 9.93. The fourth-order valence-electron chi connectivity index (χ4n) is 3.28. The smallest absolute Gasteiger partial charge is 0.355 e. The average Bonchev–Trinajstić information content (AvgIpc) is 2.45. The molecule has 1 aliphatic carbocycles. The highest BCUT2D eigenvalue weighted by Crippen LogP contribution is 2.35. The van der Waals surface area contributed by atoms with Gasteiger partial charge in [0.25, 0.3) is 0 Å². The summed E-state index contributed by atoms with van der Waals surface area (Å²) in [6.07, 6.45) is -0.671. The maximum atomic E-state index is 12.7. The van der Waals surface area contributed by atoms with Crippen LogP contribution in [0.5, 0.6) is 0 Å². The molecule has 1 aliphatic heterocycles. The molecular formula is C15H20F3N3. The molecule has 2 heterocycles. The van der Waals surface area contributed by atoms with Crippen LogP contribution >= 0.6 is 0 Å². The van der Waals surface area contributed by atoms with Gasteiger partial charge < -0.3 is 4.90 Å². The summed E-state index contributed by atoms with van der Waals surface area (Å²) in [6.45, 7) is 3.04. The summed E-state index contributed by atoms with van der Waals surface area (Å²) in [5, 5.41) is 8.51. The van der Waals surface area contributed by atoms with Crippen molar-refractivity contribution in [3.05, 3.63) is 17.3 Å². The van der Waals surface area contributed by atoms with Gasteiger partial charge in [0.05, 0.1) is 11.6 Å². The molecule has 0 aromatic carbocycles. The normalized spacial score (nSPS) is 24.0. The van der Waals surface area contributed by atoms with Gasteiger partial charge in [-0.05, 0) is 49.7 Å². The third-order valence-corrected chi connectivity index (χ3v) is 4.67. The van der Waals surface area contributed by atoms with Gasteiger partial charge in [-0.25, -0.2) is 0 Å². The van der Waals surface area contributed by atoms with Gasteiger partial charge in [-0.1, -0.05) is 6.92 Å². The number of nitrogens with zero attached hydrogens (tertiary/aromatic N) is 3. The van der Waals surface area contributed by atoms with Crippen molar-refractivity contribution in [2.45, 2.75) is 45.2 Å². The van der Waals surface area contributed by atoms with Gasteiger partial charge in [0.1, 0.15) is 0 Å². The minimum atomic E-state index is -4.07. The third kappa shape index (κ3) is 3.14. The summed E-state index contributed by atoms with van der Waals surface area (Å²) in [6, 6.07) is 2.03. The number of fused-ring (bicyclic) bond motifs is 1. The standard InChI is InChI=1S/C15H20F3N3/c1-10-2-3-13-11(8-10)9-14(20-19-13)21-6-4-12(5-7-21)15(16,17)18/h9-10,12H,2-8H2,1H3. The van der Waals surface area contributed by atoms with Crippen molar-refractivity contribution in [2.24, 2.45) is 11.8 Å². The van der Waals surface area contributed by atoms with E-state index < -0.39 is 12.1 Å². The molecule has 0 radical (unpaired) electrons. The minimum absolute atomic E-state index is 0.151. The van der Waals surface area contributed by atoms with E-state index in [4.69, 9.17) is 0 Å². The molecule has 1 fully saturated rings. The van der Waals surface area contributed by atoms with Crippen LogP contribution in [0.25, 0.3) is 0 Å². The molecule has 6 heteroatoms. The molecule has 1 aromatic rings. The first-order valence-electron chi connectivity index (χ1n) is 7.60. The van der Waals surface area contributed by atoms with E-state index in [9.17, 15) is 13.2 Å². The molecule has 1 unspecified atom stereocenters. The molecule has 3 nitrogen and oxygen atoms in total. The van der Waals surface area contributed by atoms with Gasteiger partial charge >= 0.3 is 6.18 Å². The fraction of sp³-hybridized carbons (Fsp3) is 0.733. The topological polar surface area (TPSA) is 29.0 Å². The lowest BCUT2D eigenvalue weighted by Crippen LogP contribution is -2.39. The molecule has 3 rings (SSSR count). The largest absolute Gasteiger partial charge is 0.391 e. The quantitative estimate of drug-likeness (QED) is 0.796. The van der Waals surface area contributed by atoms with Crippen LogP contribution in [0.15, 0.2) is 6.07 Å². The van der Waals surface area contributed by atoms with E-state index in [1.165, 1.54) is 5.56 Å². The van der Waals surface area contributed by atoms with Crippen molar-refractivity contribution in [2.75, 3.05) is 18.0 Å². The van der Waals surface area contributed by atoms with Crippen LogP contribution in [0, 0.1) is 11.8 Å². The van der Waals surface area contributed by atoms with Gasteiger partial charge in [0, 0.05) is 13.1 Å². The van der Waals surface area contributed by atoms with Crippen LogP contribution in [0.2, 0.25) is 0 Å². The summed E-state index contributed by atoms with van der Waals surface area (Å²) in [5.74, 6) is 0.216. The summed E-state index contributed by atoms with van der Waals surface area (Å²) in [5.41, 5.74) is 2.28. The summed E-state index contributed by atoms with van der Waals surface area (Å²) in [7, 11) is 0. The van der Waals surface area contributed by atoms with Gasteiger partial charge in [0.2, 0.25) is 0 Å². The zero-order chi connectivity index (χ0) is 15.0. The molecule has 0 spiro atoms. The maximum Gasteiger partial charge on any atom is 0.391 e. The van der Waals surface area contributed by atoms with Crippen molar-refractivity contribution in [3.63, 3.8) is 0 Å². The Hall–Kier alpha value is -1.33. The lowest BCUT2D eigenvalue weighted by atomic mass is 9.88. The summed E-state index contributed by atoms with van der Waals surface area (Å²) in [4.78, 5) is 1.94. The number of anilines is 1. The number of alkyl halides is 3. The van der Waals surface area contributed by atoms with E-state index in [-0.39, 0.29) is 12.8 Å². The second-order valence-electron chi connectivity index (χ2n) is 6.33. The molecule has 0 bridgehead atoms. The van der Waals surface area contributed by atoms with Crippen LogP contribution in [0.4, 0.5) is 19.0 Å². The number of piperidine rings is 1. The number of aromatic nitrogens is 2. The van der Waals surface area contributed by atoms with Crippen LogP contribution in [-0.4, -0.2) is 29.5 Å². The van der Waals surface area contributed by atoms with Crippen molar-refractivity contribution < 1.29 is 13.2 Å². The fourth-order valence-corrected chi connectivity index (χ4v) is 3.28. The predicted molar refractivity (Wildman–Crippen MR) is 74.2 cm³/mol. The first kappa shape index (κ1) is 14.6. The predicted octanol–water partition coefficient (Wildman–Crippen LogP) is 3.38. The maximum absolute atomic E-state index is 12.7. The zero-order valence-corrected chi connectivity index (χ0v) is 12.2. The Bertz CT molecular complexity index is 507. The highest BCUT2D eigenvalue weighted by Gasteiger charge is 2.41. The minimum Gasteiger partial charge on any atom is -0.355 e. The monoisotopic (exact) mass is 299 g/mol. The lowest BCUT2D eigenvalue weighted by molar-refractivity contribution is -0.179. The molecule has 1 aromatic heterocycles. The summed E-state index contributed by atoms with van der Waals surface area (Å²) < 4.78 is 38.1. The molecule has 1 saturated heterocycles. The van der Waals surface area contributed by atoms with Gasteiger partial charge in [-0.2, -0.15) is 18.3 Å². The Morgan fingerprint density at radius 1 is 1.14 bits per heavy atom. The van der Waals surface area contributed by atoms with E-state index in [0.717, 1.165) is 30.8 Å². The Balaban J connectivity index is 1.70. The molecule has 21 heavy (non-hydrogen) atoms. The molecular weight excluding hydrogens is 279 g/mol. The lowest BCUT2D eigenvalue weighted by Gasteiger charge is -2.34. The highest BCUT2D eigenvalue weighted by molar-refractivity contribution is 5.42. The van der Waals surface area contributed by atoms with E-state index in [0.29, 0.717) is 19.0 Å². The van der Waals surface area contributed by atoms with E-state index in [1.54, 1.807) is 0 Å². The third-order valence-electron chi connectivity index (χ3n) is 4.67. The molecule has 116 valence electrons. The molecule has 2 aliphatic rings. The number of rotatable bonds is 1. The van der Waals surface area contributed by atoms with Crippen LogP contribution < -0.4 is 4.90 Å². The van der Waals surface area contributed by atoms with Gasteiger partial charge in [0.15, 0.2) is 5.82 Å². The van der Waals surface area contributed by atoms with Crippen molar-refractivity contribution >= 4 is 5.82 Å². The Labute approximate surface area is 122 Å². The van der Waals surface area contributed by atoms with Gasteiger partial charge in [-0.3, -0.25) is 0 Å². The number of aryl methyl sites for hydroxylation is 1. The van der Waals surface area contributed by atoms with Crippen molar-refractivity contribution in [3.8, 4) is 0 Å². The van der Waals surface area contributed by atoms with Crippen LogP contribution in [-0.2, 0) is 12.8 Å². The van der Waals surface area contributed by atoms with Crippen LogP contribution in [0.3, 0.4) is 0 Å². The molecule has 0 saturated carbocycles. The summed E-state index contributed by atoms with van der Waals surface area (Å²) >= 11 is 0. The second-order valence-corrected chi connectivity index (χ2v) is 6.33. The molecule has 0 N–H and O–H groups in total. The number of halogens is 3. The van der Waals surface area contributed by atoms with Crippen molar-refractivity contribution in [1.82, 2.24) is 10.2 Å².